The first-order valence-electron chi connectivity index (χ1n) is 6.11. The van der Waals surface area contributed by atoms with Crippen LogP contribution in [0.2, 0.25) is 0 Å². The van der Waals surface area contributed by atoms with E-state index in [0.29, 0.717) is 5.56 Å². The van der Waals surface area contributed by atoms with E-state index in [-0.39, 0.29) is 19.1 Å². The second-order valence-electron chi connectivity index (χ2n) is 4.89. The van der Waals surface area contributed by atoms with Gasteiger partial charge in [0.15, 0.2) is 0 Å². The topological polar surface area (TPSA) is 69.6 Å². The van der Waals surface area contributed by atoms with Gasteiger partial charge in [-0.15, -0.1) is 0 Å². The summed E-state index contributed by atoms with van der Waals surface area (Å²) >= 11 is 0. The average molecular weight is 259 g/mol. The number of amides is 1. The maximum atomic E-state index is 12.1. The zero-order valence-electron chi connectivity index (χ0n) is 10.8. The molecule has 0 heterocycles. The van der Waals surface area contributed by atoms with E-state index in [1.54, 1.807) is 19.1 Å². The van der Waals surface area contributed by atoms with Gasteiger partial charge in [0.25, 0.3) is 5.91 Å². The van der Waals surface area contributed by atoms with Crippen molar-refractivity contribution in [1.82, 2.24) is 5.32 Å². The van der Waals surface area contributed by atoms with Crippen LogP contribution in [0.3, 0.4) is 0 Å². The van der Waals surface area contributed by atoms with E-state index in [0.717, 1.165) is 10.8 Å². The van der Waals surface area contributed by atoms with Crippen LogP contribution >= 0.6 is 0 Å². The summed E-state index contributed by atoms with van der Waals surface area (Å²) in [6.45, 7) is 0.956. The third kappa shape index (κ3) is 2.92. The lowest BCUT2D eigenvalue weighted by molar-refractivity contribution is 0.0724. The highest BCUT2D eigenvalue weighted by Gasteiger charge is 2.25. The fourth-order valence-electron chi connectivity index (χ4n) is 1.81. The first kappa shape index (κ1) is 13.5. The molecular weight excluding hydrogens is 242 g/mol. The number of carbonyl (C=O) groups excluding carboxylic acids is 1. The minimum Gasteiger partial charge on any atom is -0.394 e. The maximum absolute atomic E-state index is 12.1. The highest BCUT2D eigenvalue weighted by Crippen LogP contribution is 2.16. The Morgan fingerprint density at radius 3 is 2.37 bits per heavy atom. The third-order valence-corrected chi connectivity index (χ3v) is 3.12. The van der Waals surface area contributed by atoms with E-state index in [1.165, 1.54) is 0 Å². The van der Waals surface area contributed by atoms with E-state index < -0.39 is 5.54 Å². The number of nitrogens with one attached hydrogen (secondary N) is 1. The molecule has 0 atom stereocenters. The smallest absolute Gasteiger partial charge is 0.251 e. The van der Waals surface area contributed by atoms with Crippen molar-refractivity contribution in [3.8, 4) is 0 Å². The van der Waals surface area contributed by atoms with E-state index in [1.807, 2.05) is 30.3 Å². The molecule has 2 rings (SSSR count). The Bertz CT molecular complexity index is 591. The summed E-state index contributed by atoms with van der Waals surface area (Å²) in [5.74, 6) is -0.309. The lowest BCUT2D eigenvalue weighted by Gasteiger charge is -2.26. The van der Waals surface area contributed by atoms with Crippen LogP contribution in [-0.2, 0) is 0 Å². The standard InChI is InChI=1S/C15H17NO3/c1-15(9-17,10-18)16-14(19)13-7-6-11-4-2-3-5-12(11)8-13/h2-8,17-18H,9-10H2,1H3,(H,16,19). The quantitative estimate of drug-likeness (QED) is 0.775. The lowest BCUT2D eigenvalue weighted by Crippen LogP contribution is -2.51. The van der Waals surface area contributed by atoms with Crippen LogP contribution in [0.4, 0.5) is 0 Å². The van der Waals surface area contributed by atoms with Gasteiger partial charge in [-0.2, -0.15) is 0 Å². The van der Waals surface area contributed by atoms with Gasteiger partial charge in [-0.1, -0.05) is 30.3 Å². The molecule has 0 saturated carbocycles. The van der Waals surface area contributed by atoms with Crippen LogP contribution < -0.4 is 5.32 Å². The monoisotopic (exact) mass is 259 g/mol. The second kappa shape index (κ2) is 5.38. The summed E-state index contributed by atoms with van der Waals surface area (Å²) in [5, 5.41) is 23.0. The summed E-state index contributed by atoms with van der Waals surface area (Å²) < 4.78 is 0. The van der Waals surface area contributed by atoms with Crippen molar-refractivity contribution in [3.05, 3.63) is 48.0 Å². The molecule has 1 amide bonds. The minimum atomic E-state index is -1.01. The molecule has 0 aliphatic heterocycles. The molecule has 0 aliphatic rings. The fraction of sp³-hybridized carbons (Fsp3) is 0.267. The number of aliphatic hydroxyl groups is 2. The Labute approximate surface area is 111 Å². The number of benzene rings is 2. The van der Waals surface area contributed by atoms with E-state index in [9.17, 15) is 15.0 Å². The molecule has 0 radical (unpaired) electrons. The predicted molar refractivity (Wildman–Crippen MR) is 74.0 cm³/mol. The van der Waals surface area contributed by atoms with Crippen LogP contribution in [-0.4, -0.2) is 34.9 Å². The predicted octanol–water partition coefficient (Wildman–Crippen LogP) is 1.31. The normalized spacial score (nSPS) is 11.5. The number of hydrogen-bond acceptors (Lipinski definition) is 3. The van der Waals surface area contributed by atoms with Crippen molar-refractivity contribution < 1.29 is 15.0 Å². The molecule has 4 heteroatoms. The second-order valence-corrected chi connectivity index (χ2v) is 4.89. The number of aliphatic hydroxyl groups excluding tert-OH is 2. The molecule has 0 fully saturated rings. The third-order valence-electron chi connectivity index (χ3n) is 3.12. The molecule has 4 nitrogen and oxygen atoms in total. The van der Waals surface area contributed by atoms with Gasteiger partial charge in [0.2, 0.25) is 0 Å². The first-order chi connectivity index (χ1) is 9.08. The Balaban J connectivity index is 2.26. The van der Waals surface area contributed by atoms with Crippen molar-refractivity contribution in [2.75, 3.05) is 13.2 Å². The van der Waals surface area contributed by atoms with Crippen LogP contribution in [0.5, 0.6) is 0 Å². The molecule has 0 bridgehead atoms. The zero-order chi connectivity index (χ0) is 13.9. The van der Waals surface area contributed by atoms with E-state index in [4.69, 9.17) is 0 Å². The molecular formula is C15H17NO3. The highest BCUT2D eigenvalue weighted by atomic mass is 16.3. The van der Waals surface area contributed by atoms with Crippen molar-refractivity contribution >= 4 is 16.7 Å². The van der Waals surface area contributed by atoms with Gasteiger partial charge in [-0.05, 0) is 29.8 Å². The van der Waals surface area contributed by atoms with Gasteiger partial charge in [-0.3, -0.25) is 4.79 Å². The van der Waals surface area contributed by atoms with Gasteiger partial charge >= 0.3 is 0 Å². The van der Waals surface area contributed by atoms with Gasteiger partial charge in [-0.25, -0.2) is 0 Å². The molecule has 19 heavy (non-hydrogen) atoms. The molecule has 2 aromatic carbocycles. The lowest BCUT2D eigenvalue weighted by atomic mass is 10.0. The Hall–Kier alpha value is -1.91. The van der Waals surface area contributed by atoms with E-state index >= 15 is 0 Å². The summed E-state index contributed by atoms with van der Waals surface area (Å²) in [7, 11) is 0. The van der Waals surface area contributed by atoms with Crippen molar-refractivity contribution in [3.63, 3.8) is 0 Å². The Morgan fingerprint density at radius 2 is 1.74 bits per heavy atom. The van der Waals surface area contributed by atoms with Crippen LogP contribution in [0.1, 0.15) is 17.3 Å². The highest BCUT2D eigenvalue weighted by molar-refractivity contribution is 5.98. The molecule has 0 saturated heterocycles. The van der Waals surface area contributed by atoms with Crippen molar-refractivity contribution in [2.24, 2.45) is 0 Å². The van der Waals surface area contributed by atoms with Gasteiger partial charge in [0.05, 0.1) is 18.8 Å². The molecule has 3 N–H and O–H groups in total. The van der Waals surface area contributed by atoms with Crippen LogP contribution in [0.15, 0.2) is 42.5 Å². The largest absolute Gasteiger partial charge is 0.394 e. The molecule has 0 unspecified atom stereocenters. The van der Waals surface area contributed by atoms with Crippen LogP contribution in [0.25, 0.3) is 10.8 Å². The number of rotatable bonds is 4. The van der Waals surface area contributed by atoms with Crippen molar-refractivity contribution in [2.45, 2.75) is 12.5 Å². The number of carbonyl (C=O) groups is 1. The summed E-state index contributed by atoms with van der Waals surface area (Å²) in [6.07, 6.45) is 0. The van der Waals surface area contributed by atoms with Crippen molar-refractivity contribution in [1.29, 1.82) is 0 Å². The average Bonchev–Trinajstić information content (AvgIpc) is 2.46. The fourth-order valence-corrected chi connectivity index (χ4v) is 1.81. The van der Waals surface area contributed by atoms with Gasteiger partial charge in [0.1, 0.15) is 0 Å². The molecule has 0 aromatic heterocycles. The SMILES string of the molecule is CC(CO)(CO)NC(=O)c1ccc2ccccc2c1. The Morgan fingerprint density at radius 1 is 1.11 bits per heavy atom. The minimum absolute atomic E-state index is 0.309. The summed E-state index contributed by atoms with van der Waals surface area (Å²) in [5.41, 5.74) is -0.505. The number of hydrogen-bond donors (Lipinski definition) is 3. The van der Waals surface area contributed by atoms with E-state index in [2.05, 4.69) is 5.32 Å². The zero-order valence-corrected chi connectivity index (χ0v) is 10.8. The summed E-state index contributed by atoms with van der Waals surface area (Å²) in [6, 6.07) is 13.2. The summed E-state index contributed by atoms with van der Waals surface area (Å²) in [4.78, 5) is 12.1. The maximum Gasteiger partial charge on any atom is 0.251 e. The van der Waals surface area contributed by atoms with Gasteiger partial charge < -0.3 is 15.5 Å². The number of fused-ring (bicyclic) bond motifs is 1. The molecule has 2 aromatic rings. The molecule has 100 valence electrons. The van der Waals surface area contributed by atoms with Crippen LogP contribution in [0, 0.1) is 0 Å². The first-order valence-corrected chi connectivity index (χ1v) is 6.11. The molecule has 0 aliphatic carbocycles. The molecule has 0 spiro atoms. The Kier molecular flexibility index (Phi) is 3.83. The van der Waals surface area contributed by atoms with Gasteiger partial charge in [0, 0.05) is 5.56 Å².